The number of nitrogens with zero attached hydrogens (tertiary/aromatic N) is 5. The van der Waals surface area contributed by atoms with Crippen LogP contribution in [-0.4, -0.2) is 29.6 Å². The van der Waals surface area contributed by atoms with Crippen LogP contribution in [0.5, 0.6) is 0 Å². The van der Waals surface area contributed by atoms with Crippen LogP contribution in [0, 0.1) is 0 Å². The molecular weight excluding hydrogens is 246 g/mol. The fourth-order valence-electron chi connectivity index (χ4n) is 1.23. The number of benzene rings is 1. The zero-order chi connectivity index (χ0) is 13.9. The van der Waals surface area contributed by atoms with Gasteiger partial charge in [0.1, 0.15) is 6.61 Å². The Kier molecular flexibility index (Phi) is 6.16. The minimum Gasteiger partial charge on any atom is -0.453 e. The van der Waals surface area contributed by atoms with Gasteiger partial charge in [0.15, 0.2) is 0 Å². The number of carbonyl (C=O) groups is 1. The van der Waals surface area contributed by atoms with Crippen molar-refractivity contribution in [3.63, 3.8) is 0 Å². The number of carbonyl (C=O) groups excluding carboxylic acids is 1. The number of hydrogen-bond donors (Lipinski definition) is 0. The predicted molar refractivity (Wildman–Crippen MR) is 68.3 cm³/mol. The van der Waals surface area contributed by atoms with E-state index in [0.29, 0.717) is 5.56 Å². The Morgan fingerprint density at radius 1 is 1.26 bits per heavy atom. The van der Waals surface area contributed by atoms with Crippen LogP contribution in [0.4, 0.5) is 0 Å². The molecule has 0 aliphatic rings. The molecule has 0 radical (unpaired) electrons. The Bertz CT molecular complexity index is 555. The van der Waals surface area contributed by atoms with E-state index in [9.17, 15) is 4.79 Å². The molecule has 0 fully saturated rings. The molecule has 7 heteroatoms. The largest absolute Gasteiger partial charge is 0.453 e. The van der Waals surface area contributed by atoms with Gasteiger partial charge in [0.25, 0.3) is 0 Å². The second-order valence-corrected chi connectivity index (χ2v) is 3.30. The number of rotatable bonds is 6. The van der Waals surface area contributed by atoms with Gasteiger partial charge in [-0.15, -0.1) is 0 Å². The van der Waals surface area contributed by atoms with Crippen molar-refractivity contribution in [3.8, 4) is 0 Å². The topological polar surface area (TPSA) is 111 Å². The number of hydrogen-bond acceptors (Lipinski definition) is 3. The highest BCUT2D eigenvalue weighted by molar-refractivity contribution is 6.40. The highest BCUT2D eigenvalue weighted by Gasteiger charge is 2.23. The lowest BCUT2D eigenvalue weighted by Gasteiger charge is -1.97. The zero-order valence-corrected chi connectivity index (χ0v) is 10.0. The van der Waals surface area contributed by atoms with Crippen molar-refractivity contribution in [2.75, 3.05) is 13.2 Å². The normalized spacial score (nSPS) is 9.47. The molecule has 0 heterocycles. The van der Waals surface area contributed by atoms with E-state index >= 15 is 0 Å². The molecule has 0 N–H and O–H groups in total. The van der Waals surface area contributed by atoms with Gasteiger partial charge in [-0.05, 0) is 17.7 Å². The second kappa shape index (κ2) is 8.25. The van der Waals surface area contributed by atoms with Gasteiger partial charge in [0, 0.05) is 11.5 Å². The summed E-state index contributed by atoms with van der Waals surface area (Å²) in [5.41, 5.74) is 17.2. The van der Waals surface area contributed by atoms with Gasteiger partial charge in [0.05, 0.1) is 5.56 Å². The molecule has 0 spiro atoms. The Morgan fingerprint density at radius 2 is 2.00 bits per heavy atom. The van der Waals surface area contributed by atoms with Crippen LogP contribution in [-0.2, 0) is 9.53 Å². The monoisotopic (exact) mass is 257 g/mol. The molecule has 96 valence electrons. The smallest absolute Gasteiger partial charge is 0.422 e. The first-order chi connectivity index (χ1) is 9.29. The molecule has 1 rings (SSSR count). The first-order valence-electron chi connectivity index (χ1n) is 5.40. The standard InChI is InChI=1S/C12H11N5O2/c13-16-11(10-6-2-1-3-7-10)12(18)19-9-5-4-8-15-17-14/h1-7H,8-9H2/b5-4-. The first kappa shape index (κ1) is 14.2. The van der Waals surface area contributed by atoms with E-state index in [2.05, 4.69) is 14.8 Å². The van der Waals surface area contributed by atoms with Gasteiger partial charge in [-0.2, -0.15) is 4.79 Å². The van der Waals surface area contributed by atoms with Crippen molar-refractivity contribution in [2.45, 2.75) is 0 Å². The second-order valence-electron chi connectivity index (χ2n) is 3.30. The minimum absolute atomic E-state index is 0.00559. The first-order valence-corrected chi connectivity index (χ1v) is 5.40. The maximum atomic E-state index is 11.6. The van der Waals surface area contributed by atoms with Gasteiger partial charge in [-0.3, -0.25) is 0 Å². The van der Waals surface area contributed by atoms with Gasteiger partial charge < -0.3 is 10.3 Å². The number of ether oxygens (including phenoxy) is 1. The molecular formula is C12H11N5O2. The van der Waals surface area contributed by atoms with Gasteiger partial charge in [-0.1, -0.05) is 35.5 Å². The zero-order valence-electron chi connectivity index (χ0n) is 10.0. The van der Waals surface area contributed by atoms with Crippen LogP contribution in [0.2, 0.25) is 0 Å². The third-order valence-electron chi connectivity index (χ3n) is 2.07. The van der Waals surface area contributed by atoms with E-state index in [1.54, 1.807) is 36.4 Å². The Hall–Kier alpha value is -2.88. The SMILES string of the molecule is [N-]=[N+]=NC/C=C\COC(=O)C(=[N+]=[N-])c1ccccc1. The van der Waals surface area contributed by atoms with Crippen molar-refractivity contribution >= 4 is 11.7 Å². The summed E-state index contributed by atoms with van der Waals surface area (Å²) in [6, 6.07) is 8.48. The fourth-order valence-corrected chi connectivity index (χ4v) is 1.23. The number of esters is 1. The van der Waals surface area contributed by atoms with Gasteiger partial charge in [0.2, 0.25) is 0 Å². The lowest BCUT2D eigenvalue weighted by molar-refractivity contribution is -0.138. The predicted octanol–water partition coefficient (Wildman–Crippen LogP) is 2.12. The molecule has 0 aliphatic carbocycles. The fraction of sp³-hybridized carbons (Fsp3) is 0.167. The molecule has 0 bridgehead atoms. The molecule has 0 saturated carbocycles. The molecule has 0 aliphatic heterocycles. The Balaban J connectivity index is 2.55. The molecule has 0 aromatic heterocycles. The third-order valence-corrected chi connectivity index (χ3v) is 2.07. The molecule has 0 amide bonds. The molecule has 1 aromatic rings. The highest BCUT2D eigenvalue weighted by atomic mass is 16.5. The summed E-state index contributed by atoms with van der Waals surface area (Å²) >= 11 is 0. The van der Waals surface area contributed by atoms with Crippen molar-refractivity contribution in [2.24, 2.45) is 5.11 Å². The highest BCUT2D eigenvalue weighted by Crippen LogP contribution is 2.01. The Morgan fingerprint density at radius 3 is 2.63 bits per heavy atom. The summed E-state index contributed by atoms with van der Waals surface area (Å²) in [4.78, 5) is 17.1. The average Bonchev–Trinajstić information content (AvgIpc) is 2.45. The van der Waals surface area contributed by atoms with Crippen molar-refractivity contribution in [3.05, 3.63) is 64.0 Å². The van der Waals surface area contributed by atoms with Crippen LogP contribution in [0.25, 0.3) is 16.0 Å². The van der Waals surface area contributed by atoms with Crippen molar-refractivity contribution in [1.29, 1.82) is 0 Å². The number of azide groups is 1. The summed E-state index contributed by atoms with van der Waals surface area (Å²) in [7, 11) is 0. The van der Waals surface area contributed by atoms with Crippen LogP contribution >= 0.6 is 0 Å². The van der Waals surface area contributed by atoms with E-state index < -0.39 is 5.97 Å². The van der Waals surface area contributed by atoms with Crippen molar-refractivity contribution in [1.82, 2.24) is 0 Å². The maximum Gasteiger partial charge on any atom is 0.422 e. The average molecular weight is 257 g/mol. The molecule has 7 nitrogen and oxygen atoms in total. The lowest BCUT2D eigenvalue weighted by atomic mass is 10.1. The summed E-state index contributed by atoms with van der Waals surface area (Å²) in [6.07, 6.45) is 3.10. The molecule has 0 unspecified atom stereocenters. The van der Waals surface area contributed by atoms with E-state index in [4.69, 9.17) is 15.8 Å². The van der Waals surface area contributed by atoms with Gasteiger partial charge in [-0.25, -0.2) is 4.79 Å². The van der Waals surface area contributed by atoms with Crippen LogP contribution < -0.4 is 0 Å². The molecule has 19 heavy (non-hydrogen) atoms. The van der Waals surface area contributed by atoms with E-state index in [1.165, 1.54) is 6.08 Å². The van der Waals surface area contributed by atoms with Crippen LogP contribution in [0.1, 0.15) is 5.56 Å². The van der Waals surface area contributed by atoms with Gasteiger partial charge >= 0.3 is 11.7 Å². The molecule has 1 aromatic carbocycles. The summed E-state index contributed by atoms with van der Waals surface area (Å²) in [5.74, 6) is -0.734. The summed E-state index contributed by atoms with van der Waals surface area (Å²) in [5, 5.41) is 3.28. The van der Waals surface area contributed by atoms with E-state index in [0.717, 1.165) is 0 Å². The lowest BCUT2D eigenvalue weighted by Crippen LogP contribution is -2.19. The van der Waals surface area contributed by atoms with Crippen molar-refractivity contribution < 1.29 is 14.3 Å². The summed E-state index contributed by atoms with van der Waals surface area (Å²) in [6.45, 7) is 0.194. The maximum absolute atomic E-state index is 11.6. The summed E-state index contributed by atoms with van der Waals surface area (Å²) < 4.78 is 4.88. The minimum atomic E-state index is -0.734. The molecule has 0 saturated heterocycles. The van der Waals surface area contributed by atoms with Crippen LogP contribution in [0.3, 0.4) is 0 Å². The van der Waals surface area contributed by atoms with Crippen LogP contribution in [0.15, 0.2) is 47.6 Å². The third kappa shape index (κ3) is 4.87. The molecule has 0 atom stereocenters. The van der Waals surface area contributed by atoms with E-state index in [-0.39, 0.29) is 18.9 Å². The quantitative estimate of drug-likeness (QED) is 0.194. The van der Waals surface area contributed by atoms with E-state index in [1.807, 2.05) is 0 Å². The Labute approximate surface area is 109 Å².